The lowest BCUT2D eigenvalue weighted by Crippen LogP contribution is -2.39. The standard InChI is InChI=1S/C19H22ClN3O/c1-14-5-4-10-23(13-14)19(24)18-9-8-16(12-22-18)21-11-15-6-2-3-7-17(15)20/h2-3,6-9,12,14,21H,4-5,10-11,13H2,1H3. The van der Waals surface area contributed by atoms with Gasteiger partial charge in [-0.3, -0.25) is 4.79 Å². The molecule has 2 aromatic rings. The van der Waals surface area contributed by atoms with Crippen molar-refractivity contribution >= 4 is 23.2 Å². The molecule has 1 fully saturated rings. The molecule has 1 aliphatic heterocycles. The van der Waals surface area contributed by atoms with Gasteiger partial charge in [0.25, 0.3) is 5.91 Å². The Kier molecular flexibility index (Phi) is 5.36. The van der Waals surface area contributed by atoms with Crippen LogP contribution in [0.2, 0.25) is 5.02 Å². The first-order valence-electron chi connectivity index (χ1n) is 8.36. The molecule has 1 aromatic carbocycles. The monoisotopic (exact) mass is 343 g/mol. The van der Waals surface area contributed by atoms with Gasteiger partial charge >= 0.3 is 0 Å². The van der Waals surface area contributed by atoms with Crippen molar-refractivity contribution in [1.82, 2.24) is 9.88 Å². The number of piperidine rings is 1. The zero-order valence-corrected chi connectivity index (χ0v) is 14.6. The topological polar surface area (TPSA) is 45.2 Å². The van der Waals surface area contributed by atoms with E-state index in [1.54, 1.807) is 12.3 Å². The molecule has 1 N–H and O–H groups in total. The molecule has 4 nitrogen and oxygen atoms in total. The van der Waals surface area contributed by atoms with Gasteiger partial charge in [-0.2, -0.15) is 0 Å². The van der Waals surface area contributed by atoms with E-state index in [0.717, 1.165) is 35.8 Å². The van der Waals surface area contributed by atoms with Crippen molar-refractivity contribution in [3.05, 3.63) is 58.9 Å². The van der Waals surface area contributed by atoms with Gasteiger partial charge in [0.2, 0.25) is 0 Å². The number of nitrogens with zero attached hydrogens (tertiary/aromatic N) is 2. The molecule has 0 radical (unpaired) electrons. The van der Waals surface area contributed by atoms with E-state index in [9.17, 15) is 4.79 Å². The number of hydrogen-bond donors (Lipinski definition) is 1. The molecule has 1 atom stereocenters. The Morgan fingerprint density at radius 2 is 2.17 bits per heavy atom. The van der Waals surface area contributed by atoms with Gasteiger partial charge in [0, 0.05) is 24.7 Å². The minimum absolute atomic E-state index is 0.0270. The molecular weight excluding hydrogens is 322 g/mol. The SMILES string of the molecule is CC1CCCN(C(=O)c2ccc(NCc3ccccc3Cl)cn2)C1. The van der Waals surface area contributed by atoms with Crippen LogP contribution in [0.3, 0.4) is 0 Å². The van der Waals surface area contributed by atoms with Crippen LogP contribution in [-0.4, -0.2) is 28.9 Å². The van der Waals surface area contributed by atoms with Gasteiger partial charge in [-0.25, -0.2) is 4.98 Å². The Labute approximate surface area is 147 Å². The average molecular weight is 344 g/mol. The van der Waals surface area contributed by atoms with Crippen molar-refractivity contribution in [2.45, 2.75) is 26.3 Å². The zero-order valence-electron chi connectivity index (χ0n) is 13.8. The molecule has 5 heteroatoms. The summed E-state index contributed by atoms with van der Waals surface area (Å²) < 4.78 is 0. The van der Waals surface area contributed by atoms with Crippen molar-refractivity contribution in [2.75, 3.05) is 18.4 Å². The molecule has 1 aliphatic rings. The number of hydrogen-bond acceptors (Lipinski definition) is 3. The number of carbonyl (C=O) groups excluding carboxylic acids is 1. The van der Waals surface area contributed by atoms with Crippen LogP contribution < -0.4 is 5.32 Å². The lowest BCUT2D eigenvalue weighted by Gasteiger charge is -2.30. The van der Waals surface area contributed by atoms with Gasteiger partial charge in [-0.1, -0.05) is 36.7 Å². The van der Waals surface area contributed by atoms with E-state index in [4.69, 9.17) is 11.6 Å². The fraction of sp³-hybridized carbons (Fsp3) is 0.368. The number of likely N-dealkylation sites (tertiary alicyclic amines) is 1. The van der Waals surface area contributed by atoms with Crippen molar-refractivity contribution in [1.29, 1.82) is 0 Å². The lowest BCUT2D eigenvalue weighted by atomic mass is 10.00. The van der Waals surface area contributed by atoms with E-state index in [1.165, 1.54) is 6.42 Å². The second kappa shape index (κ2) is 7.67. The molecule has 1 saturated heterocycles. The zero-order chi connectivity index (χ0) is 16.9. The van der Waals surface area contributed by atoms with Gasteiger partial charge in [0.1, 0.15) is 5.69 Å². The van der Waals surface area contributed by atoms with Gasteiger partial charge in [0.05, 0.1) is 11.9 Å². The highest BCUT2D eigenvalue weighted by atomic mass is 35.5. The quantitative estimate of drug-likeness (QED) is 0.904. The first kappa shape index (κ1) is 16.8. The molecule has 1 unspecified atom stereocenters. The number of halogens is 1. The molecule has 0 saturated carbocycles. The predicted molar refractivity (Wildman–Crippen MR) is 97.3 cm³/mol. The summed E-state index contributed by atoms with van der Waals surface area (Å²) in [4.78, 5) is 18.7. The molecule has 24 heavy (non-hydrogen) atoms. The van der Waals surface area contributed by atoms with Crippen LogP contribution in [-0.2, 0) is 6.54 Å². The van der Waals surface area contributed by atoms with Gasteiger partial charge in [0.15, 0.2) is 0 Å². The Morgan fingerprint density at radius 3 is 2.88 bits per heavy atom. The summed E-state index contributed by atoms with van der Waals surface area (Å²) in [6, 6.07) is 11.4. The molecule has 3 rings (SSSR count). The summed E-state index contributed by atoms with van der Waals surface area (Å²) in [5, 5.41) is 4.02. The lowest BCUT2D eigenvalue weighted by molar-refractivity contribution is 0.0677. The number of pyridine rings is 1. The fourth-order valence-electron chi connectivity index (χ4n) is 3.00. The van der Waals surface area contributed by atoms with Crippen LogP contribution >= 0.6 is 11.6 Å². The summed E-state index contributed by atoms with van der Waals surface area (Å²) in [5.74, 6) is 0.596. The molecule has 0 aliphatic carbocycles. The number of anilines is 1. The number of aromatic nitrogens is 1. The second-order valence-electron chi connectivity index (χ2n) is 6.38. The Bertz CT molecular complexity index is 702. The predicted octanol–water partition coefficient (Wildman–Crippen LogP) is 4.22. The fourth-order valence-corrected chi connectivity index (χ4v) is 3.20. The molecule has 0 spiro atoms. The minimum Gasteiger partial charge on any atom is -0.380 e. The van der Waals surface area contributed by atoms with Crippen LogP contribution in [0.15, 0.2) is 42.6 Å². The number of benzene rings is 1. The minimum atomic E-state index is 0.0270. The van der Waals surface area contributed by atoms with Crippen molar-refractivity contribution in [3.8, 4) is 0 Å². The number of carbonyl (C=O) groups is 1. The summed E-state index contributed by atoms with van der Waals surface area (Å²) in [6.07, 6.45) is 3.98. The highest BCUT2D eigenvalue weighted by Gasteiger charge is 2.22. The van der Waals surface area contributed by atoms with Crippen LogP contribution in [0.5, 0.6) is 0 Å². The highest BCUT2D eigenvalue weighted by Crippen LogP contribution is 2.19. The third kappa shape index (κ3) is 4.06. The van der Waals surface area contributed by atoms with Crippen LogP contribution in [0.25, 0.3) is 0 Å². The molecule has 1 amide bonds. The normalized spacial score (nSPS) is 17.6. The Morgan fingerprint density at radius 1 is 1.33 bits per heavy atom. The van der Waals surface area contributed by atoms with E-state index in [-0.39, 0.29) is 5.91 Å². The summed E-state index contributed by atoms with van der Waals surface area (Å²) in [7, 11) is 0. The van der Waals surface area contributed by atoms with E-state index in [2.05, 4.69) is 17.2 Å². The molecule has 2 heterocycles. The highest BCUT2D eigenvalue weighted by molar-refractivity contribution is 6.31. The maximum absolute atomic E-state index is 12.5. The van der Waals surface area contributed by atoms with Crippen LogP contribution in [0, 0.1) is 5.92 Å². The third-order valence-electron chi connectivity index (χ3n) is 4.37. The summed E-state index contributed by atoms with van der Waals surface area (Å²) in [5.41, 5.74) is 2.41. The van der Waals surface area contributed by atoms with Crippen molar-refractivity contribution in [3.63, 3.8) is 0 Å². The average Bonchev–Trinajstić information content (AvgIpc) is 2.61. The summed E-state index contributed by atoms with van der Waals surface area (Å²) in [6.45, 7) is 4.47. The van der Waals surface area contributed by atoms with Gasteiger partial charge in [-0.15, -0.1) is 0 Å². The van der Waals surface area contributed by atoms with E-state index in [0.29, 0.717) is 18.2 Å². The van der Waals surface area contributed by atoms with E-state index in [1.807, 2.05) is 35.2 Å². The molecule has 0 bridgehead atoms. The Hall–Kier alpha value is -2.07. The molecule has 1 aromatic heterocycles. The molecule has 126 valence electrons. The maximum Gasteiger partial charge on any atom is 0.272 e. The smallest absolute Gasteiger partial charge is 0.272 e. The largest absolute Gasteiger partial charge is 0.380 e. The second-order valence-corrected chi connectivity index (χ2v) is 6.78. The maximum atomic E-state index is 12.5. The molecular formula is C19H22ClN3O. The van der Waals surface area contributed by atoms with Crippen LogP contribution in [0.1, 0.15) is 35.8 Å². The number of amides is 1. The first-order chi connectivity index (χ1) is 11.6. The van der Waals surface area contributed by atoms with E-state index >= 15 is 0 Å². The van der Waals surface area contributed by atoms with Gasteiger partial charge < -0.3 is 10.2 Å². The first-order valence-corrected chi connectivity index (χ1v) is 8.74. The van der Waals surface area contributed by atoms with Crippen LogP contribution in [0.4, 0.5) is 5.69 Å². The number of nitrogens with one attached hydrogen (secondary N) is 1. The Balaban J connectivity index is 1.61. The van der Waals surface area contributed by atoms with Crippen molar-refractivity contribution < 1.29 is 4.79 Å². The third-order valence-corrected chi connectivity index (χ3v) is 4.74. The number of rotatable bonds is 4. The summed E-state index contributed by atoms with van der Waals surface area (Å²) >= 11 is 6.15. The van der Waals surface area contributed by atoms with Gasteiger partial charge in [-0.05, 0) is 42.5 Å². The van der Waals surface area contributed by atoms with Crippen molar-refractivity contribution in [2.24, 2.45) is 5.92 Å². The van der Waals surface area contributed by atoms with E-state index < -0.39 is 0 Å².